The minimum absolute atomic E-state index is 0.155. The van der Waals surface area contributed by atoms with Gasteiger partial charge in [0, 0.05) is 6.54 Å². The number of aromatic nitrogens is 2. The number of imidazole rings is 1. The average molecular weight is 376 g/mol. The second-order valence-corrected chi connectivity index (χ2v) is 8.61. The van der Waals surface area contributed by atoms with E-state index in [2.05, 4.69) is 9.97 Å². The summed E-state index contributed by atoms with van der Waals surface area (Å²) in [6, 6.07) is 12.4. The van der Waals surface area contributed by atoms with E-state index in [0.717, 1.165) is 29.4 Å². The van der Waals surface area contributed by atoms with Gasteiger partial charge in [-0.05, 0) is 49.6 Å². The molecule has 0 radical (unpaired) electrons. The summed E-state index contributed by atoms with van der Waals surface area (Å²) >= 11 is 6.22. The van der Waals surface area contributed by atoms with Gasteiger partial charge in [-0.15, -0.1) is 0 Å². The molecular weight excluding hydrogens is 358 g/mol. The zero-order chi connectivity index (χ0) is 17.6. The SMILES string of the molecule is Cc1ccc(S(=O)(=O)N2CCCC2c2nc3ccccc3[nH]2)c(Cl)c1. The predicted molar refractivity (Wildman–Crippen MR) is 98.1 cm³/mol. The molecule has 1 aliphatic rings. The van der Waals surface area contributed by atoms with Gasteiger partial charge in [0.1, 0.15) is 10.7 Å². The highest BCUT2D eigenvalue weighted by atomic mass is 35.5. The minimum Gasteiger partial charge on any atom is -0.341 e. The van der Waals surface area contributed by atoms with Crippen LogP contribution in [-0.2, 0) is 10.0 Å². The number of hydrogen-bond acceptors (Lipinski definition) is 3. The summed E-state index contributed by atoms with van der Waals surface area (Å²) < 4.78 is 27.8. The summed E-state index contributed by atoms with van der Waals surface area (Å²) in [5.41, 5.74) is 2.68. The first-order chi connectivity index (χ1) is 12.0. The number of H-pyrrole nitrogens is 1. The molecule has 1 unspecified atom stereocenters. The lowest BCUT2D eigenvalue weighted by Crippen LogP contribution is -2.31. The highest BCUT2D eigenvalue weighted by Crippen LogP contribution is 2.37. The Morgan fingerprint density at radius 2 is 2.04 bits per heavy atom. The van der Waals surface area contributed by atoms with E-state index in [1.807, 2.05) is 31.2 Å². The monoisotopic (exact) mass is 375 g/mol. The molecule has 2 aromatic carbocycles. The fourth-order valence-electron chi connectivity index (χ4n) is 3.37. The summed E-state index contributed by atoms with van der Waals surface area (Å²) in [4.78, 5) is 8.01. The predicted octanol–water partition coefficient (Wildman–Crippen LogP) is 4.05. The van der Waals surface area contributed by atoms with Crippen LogP contribution >= 0.6 is 11.6 Å². The molecule has 1 atom stereocenters. The number of sulfonamides is 1. The van der Waals surface area contributed by atoms with Crippen molar-refractivity contribution in [3.8, 4) is 0 Å². The normalized spacial score (nSPS) is 18.9. The molecule has 25 heavy (non-hydrogen) atoms. The molecule has 3 aromatic rings. The van der Waals surface area contributed by atoms with Crippen LogP contribution < -0.4 is 0 Å². The number of nitrogens with one attached hydrogen (secondary N) is 1. The first-order valence-electron chi connectivity index (χ1n) is 8.19. The zero-order valence-electron chi connectivity index (χ0n) is 13.7. The maximum atomic E-state index is 13.2. The van der Waals surface area contributed by atoms with E-state index in [1.165, 1.54) is 4.31 Å². The van der Waals surface area contributed by atoms with Crippen molar-refractivity contribution >= 4 is 32.7 Å². The van der Waals surface area contributed by atoms with Crippen LogP contribution in [0.25, 0.3) is 11.0 Å². The lowest BCUT2D eigenvalue weighted by molar-refractivity contribution is 0.386. The summed E-state index contributed by atoms with van der Waals surface area (Å²) in [5, 5.41) is 0.259. The topological polar surface area (TPSA) is 66.1 Å². The molecule has 0 spiro atoms. The van der Waals surface area contributed by atoms with E-state index in [0.29, 0.717) is 12.4 Å². The van der Waals surface area contributed by atoms with Gasteiger partial charge in [0.25, 0.3) is 0 Å². The van der Waals surface area contributed by atoms with E-state index in [-0.39, 0.29) is 16.0 Å². The van der Waals surface area contributed by atoms with Gasteiger partial charge in [0.05, 0.1) is 22.1 Å². The molecule has 0 aliphatic carbocycles. The van der Waals surface area contributed by atoms with Crippen LogP contribution in [0.2, 0.25) is 5.02 Å². The van der Waals surface area contributed by atoms with Crippen molar-refractivity contribution in [2.24, 2.45) is 0 Å². The number of fused-ring (bicyclic) bond motifs is 1. The van der Waals surface area contributed by atoms with Crippen LogP contribution in [0.4, 0.5) is 0 Å². The van der Waals surface area contributed by atoms with Gasteiger partial charge in [-0.25, -0.2) is 13.4 Å². The fraction of sp³-hybridized carbons (Fsp3) is 0.278. The molecule has 0 saturated carbocycles. The number of aryl methyl sites for hydroxylation is 1. The maximum absolute atomic E-state index is 13.2. The van der Waals surface area contributed by atoms with Crippen LogP contribution in [0.1, 0.15) is 30.3 Å². The molecule has 4 rings (SSSR count). The third-order valence-corrected chi connectivity index (χ3v) is 6.99. The second kappa shape index (κ2) is 6.12. The molecule has 130 valence electrons. The van der Waals surface area contributed by atoms with Gasteiger partial charge in [0.15, 0.2) is 0 Å². The Kier molecular flexibility index (Phi) is 4.06. The second-order valence-electron chi connectivity index (χ2n) is 6.35. The van der Waals surface area contributed by atoms with Crippen LogP contribution in [0.15, 0.2) is 47.4 Å². The van der Waals surface area contributed by atoms with Gasteiger partial charge < -0.3 is 4.98 Å². The minimum atomic E-state index is -3.68. The highest BCUT2D eigenvalue weighted by Gasteiger charge is 2.38. The molecule has 0 amide bonds. The van der Waals surface area contributed by atoms with Gasteiger partial charge in [0.2, 0.25) is 10.0 Å². The number of benzene rings is 2. The third kappa shape index (κ3) is 2.84. The Morgan fingerprint density at radius 3 is 2.80 bits per heavy atom. The average Bonchev–Trinajstić information content (AvgIpc) is 3.21. The largest absolute Gasteiger partial charge is 0.341 e. The van der Waals surface area contributed by atoms with Crippen LogP contribution in [0.5, 0.6) is 0 Å². The standard InChI is InChI=1S/C18H18ClN3O2S/c1-12-8-9-17(13(19)11-12)25(23,24)22-10-4-7-16(22)18-20-14-5-2-3-6-15(14)21-18/h2-3,5-6,8-9,11,16H,4,7,10H2,1H3,(H,20,21). The number of hydrogen-bond donors (Lipinski definition) is 1. The van der Waals surface area contributed by atoms with Gasteiger partial charge in [-0.2, -0.15) is 4.31 Å². The highest BCUT2D eigenvalue weighted by molar-refractivity contribution is 7.89. The molecule has 1 saturated heterocycles. The molecule has 2 heterocycles. The molecular formula is C18H18ClN3O2S. The number of aromatic amines is 1. The van der Waals surface area contributed by atoms with Crippen LogP contribution in [-0.4, -0.2) is 29.2 Å². The quantitative estimate of drug-likeness (QED) is 0.750. The molecule has 1 aromatic heterocycles. The molecule has 7 heteroatoms. The molecule has 1 aliphatic heterocycles. The van der Waals surface area contributed by atoms with Crippen molar-refractivity contribution in [3.63, 3.8) is 0 Å². The van der Waals surface area contributed by atoms with Crippen molar-refractivity contribution in [1.29, 1.82) is 0 Å². The van der Waals surface area contributed by atoms with E-state index < -0.39 is 10.0 Å². The van der Waals surface area contributed by atoms with Crippen LogP contribution in [0, 0.1) is 6.92 Å². The van der Waals surface area contributed by atoms with E-state index >= 15 is 0 Å². The van der Waals surface area contributed by atoms with Crippen molar-refractivity contribution in [1.82, 2.24) is 14.3 Å². The van der Waals surface area contributed by atoms with E-state index in [4.69, 9.17) is 11.6 Å². The summed E-state index contributed by atoms with van der Waals surface area (Å²) in [6.07, 6.45) is 1.53. The molecule has 5 nitrogen and oxygen atoms in total. The fourth-order valence-corrected chi connectivity index (χ4v) is 5.61. The number of para-hydroxylation sites is 2. The van der Waals surface area contributed by atoms with Crippen molar-refractivity contribution in [2.75, 3.05) is 6.54 Å². The Morgan fingerprint density at radius 1 is 1.24 bits per heavy atom. The first-order valence-corrected chi connectivity index (χ1v) is 10.0. The lowest BCUT2D eigenvalue weighted by Gasteiger charge is -2.23. The lowest BCUT2D eigenvalue weighted by atomic mass is 10.2. The van der Waals surface area contributed by atoms with Crippen molar-refractivity contribution < 1.29 is 8.42 Å². The van der Waals surface area contributed by atoms with E-state index in [1.54, 1.807) is 18.2 Å². The number of rotatable bonds is 3. The molecule has 1 N–H and O–H groups in total. The Labute approximate surface area is 151 Å². The summed E-state index contributed by atoms with van der Waals surface area (Å²) in [5.74, 6) is 0.686. The first kappa shape index (κ1) is 16.6. The van der Waals surface area contributed by atoms with Crippen LogP contribution in [0.3, 0.4) is 0 Å². The molecule has 0 bridgehead atoms. The van der Waals surface area contributed by atoms with Gasteiger partial charge in [-0.1, -0.05) is 29.8 Å². The van der Waals surface area contributed by atoms with E-state index in [9.17, 15) is 8.42 Å². The summed E-state index contributed by atoms with van der Waals surface area (Å²) in [6.45, 7) is 2.35. The van der Waals surface area contributed by atoms with Gasteiger partial charge in [-0.3, -0.25) is 0 Å². The smallest absolute Gasteiger partial charge is 0.245 e. The van der Waals surface area contributed by atoms with Crippen molar-refractivity contribution in [2.45, 2.75) is 30.7 Å². The zero-order valence-corrected chi connectivity index (χ0v) is 15.3. The van der Waals surface area contributed by atoms with Gasteiger partial charge >= 0.3 is 0 Å². The van der Waals surface area contributed by atoms with Crippen molar-refractivity contribution in [3.05, 3.63) is 58.9 Å². The Hall–Kier alpha value is -1.89. The number of nitrogens with zero attached hydrogens (tertiary/aromatic N) is 2. The number of halogens is 1. The third-order valence-electron chi connectivity index (χ3n) is 4.60. The molecule has 1 fully saturated rings. The maximum Gasteiger partial charge on any atom is 0.245 e. The Bertz CT molecular complexity index is 1010. The Balaban J connectivity index is 1.75. The summed E-state index contributed by atoms with van der Waals surface area (Å²) in [7, 11) is -3.68.